The molecular formula is C13H17NO3. The fraction of sp³-hybridized carbons (Fsp3) is 0.385. The Hall–Kier alpha value is -1.70. The Morgan fingerprint density at radius 3 is 2.35 bits per heavy atom. The van der Waals surface area contributed by atoms with Gasteiger partial charge in [0, 0.05) is 16.8 Å². The van der Waals surface area contributed by atoms with E-state index in [1.807, 2.05) is 0 Å². The van der Waals surface area contributed by atoms with Crippen LogP contribution in [0.1, 0.15) is 37.2 Å². The van der Waals surface area contributed by atoms with Gasteiger partial charge in [0.2, 0.25) is 0 Å². The molecule has 17 heavy (non-hydrogen) atoms. The lowest BCUT2D eigenvalue weighted by atomic mass is 9.96. The van der Waals surface area contributed by atoms with E-state index < -0.39 is 12.2 Å². The lowest BCUT2D eigenvalue weighted by molar-refractivity contribution is 0.171. The zero-order valence-corrected chi connectivity index (χ0v) is 9.97. The molecule has 0 radical (unpaired) electrons. The summed E-state index contributed by atoms with van der Waals surface area (Å²) >= 11 is 0. The largest absolute Gasteiger partial charge is 0.481 e. The molecule has 0 aliphatic heterocycles. The molecule has 2 atom stereocenters. The number of anilines is 1. The van der Waals surface area contributed by atoms with Crippen LogP contribution >= 0.6 is 0 Å². The number of ether oxygens (including phenoxy) is 1. The van der Waals surface area contributed by atoms with Gasteiger partial charge in [-0.3, -0.25) is 0 Å². The highest BCUT2D eigenvalue weighted by Gasteiger charge is 2.20. The number of aliphatic hydroxyl groups excluding tert-OH is 2. The number of benzene rings is 1. The smallest absolute Gasteiger partial charge is 0.148 e. The van der Waals surface area contributed by atoms with E-state index in [1.165, 1.54) is 0 Å². The van der Waals surface area contributed by atoms with E-state index in [0.717, 1.165) is 0 Å². The molecule has 0 amide bonds. The maximum absolute atomic E-state index is 9.76. The molecule has 0 aliphatic rings. The third-order valence-electron chi connectivity index (χ3n) is 2.43. The Balaban J connectivity index is 3.32. The van der Waals surface area contributed by atoms with Gasteiger partial charge in [0.05, 0.1) is 12.2 Å². The summed E-state index contributed by atoms with van der Waals surface area (Å²) in [5.41, 5.74) is 7.17. The summed E-state index contributed by atoms with van der Waals surface area (Å²) in [7, 11) is 0. The van der Waals surface area contributed by atoms with Gasteiger partial charge < -0.3 is 20.7 Å². The Morgan fingerprint density at radius 1 is 1.29 bits per heavy atom. The number of hydrogen-bond acceptors (Lipinski definition) is 4. The fourth-order valence-corrected chi connectivity index (χ4v) is 1.78. The van der Waals surface area contributed by atoms with E-state index in [-0.39, 0.29) is 6.61 Å². The number of rotatable bonds is 4. The van der Waals surface area contributed by atoms with Crippen molar-refractivity contribution < 1.29 is 14.9 Å². The zero-order chi connectivity index (χ0) is 13.0. The highest BCUT2D eigenvalue weighted by molar-refractivity contribution is 5.58. The van der Waals surface area contributed by atoms with E-state index in [4.69, 9.17) is 16.9 Å². The van der Waals surface area contributed by atoms with Crippen LogP contribution in [0.5, 0.6) is 5.75 Å². The molecule has 0 bridgehead atoms. The van der Waals surface area contributed by atoms with Crippen molar-refractivity contribution in [3.8, 4) is 18.1 Å². The Morgan fingerprint density at radius 2 is 1.88 bits per heavy atom. The first-order chi connectivity index (χ1) is 7.99. The van der Waals surface area contributed by atoms with Crippen molar-refractivity contribution in [3.63, 3.8) is 0 Å². The molecule has 0 fully saturated rings. The van der Waals surface area contributed by atoms with Crippen LogP contribution in [-0.4, -0.2) is 16.8 Å². The van der Waals surface area contributed by atoms with Crippen LogP contribution in [0.3, 0.4) is 0 Å². The molecule has 0 aliphatic carbocycles. The second-order valence-corrected chi connectivity index (χ2v) is 3.83. The number of aliphatic hydroxyl groups is 2. The normalized spacial score (nSPS) is 13.8. The van der Waals surface area contributed by atoms with Crippen molar-refractivity contribution in [2.45, 2.75) is 26.1 Å². The van der Waals surface area contributed by atoms with E-state index in [9.17, 15) is 10.2 Å². The van der Waals surface area contributed by atoms with Crippen LogP contribution in [0.15, 0.2) is 12.1 Å². The molecule has 1 rings (SSSR count). The highest BCUT2D eigenvalue weighted by atomic mass is 16.5. The molecule has 4 heteroatoms. The molecule has 0 spiro atoms. The SMILES string of the molecule is C#CCOc1ccc(N)c(C(C)O)c1C(C)O. The van der Waals surface area contributed by atoms with Gasteiger partial charge >= 0.3 is 0 Å². The van der Waals surface area contributed by atoms with Crippen LogP contribution in [0.25, 0.3) is 0 Å². The first-order valence-electron chi connectivity index (χ1n) is 5.33. The average molecular weight is 235 g/mol. The summed E-state index contributed by atoms with van der Waals surface area (Å²) in [5, 5.41) is 19.5. The van der Waals surface area contributed by atoms with Crippen LogP contribution in [0, 0.1) is 12.3 Å². The minimum Gasteiger partial charge on any atom is -0.481 e. The molecular weight excluding hydrogens is 218 g/mol. The average Bonchev–Trinajstić information content (AvgIpc) is 2.26. The van der Waals surface area contributed by atoms with Gasteiger partial charge in [0.15, 0.2) is 0 Å². The molecule has 1 aromatic carbocycles. The fourth-order valence-electron chi connectivity index (χ4n) is 1.78. The standard InChI is InChI=1S/C13H17NO3/c1-4-7-17-11-6-5-10(14)12(8(2)15)13(11)9(3)16/h1,5-6,8-9,15-16H,7,14H2,2-3H3. The van der Waals surface area contributed by atoms with Crippen molar-refractivity contribution in [3.05, 3.63) is 23.3 Å². The molecule has 0 aromatic heterocycles. The first-order valence-corrected chi connectivity index (χ1v) is 5.33. The maximum Gasteiger partial charge on any atom is 0.148 e. The maximum atomic E-state index is 9.76. The first kappa shape index (κ1) is 13.4. The van der Waals surface area contributed by atoms with Crippen molar-refractivity contribution >= 4 is 5.69 Å². The molecule has 0 saturated heterocycles. The minimum atomic E-state index is -0.795. The van der Waals surface area contributed by atoms with Gasteiger partial charge in [0.1, 0.15) is 12.4 Å². The molecule has 0 heterocycles. The molecule has 92 valence electrons. The van der Waals surface area contributed by atoms with Crippen molar-refractivity contribution in [1.82, 2.24) is 0 Å². The van der Waals surface area contributed by atoms with E-state index in [2.05, 4.69) is 5.92 Å². The Labute approximate surface area is 101 Å². The van der Waals surface area contributed by atoms with Gasteiger partial charge in [-0.05, 0) is 26.0 Å². The van der Waals surface area contributed by atoms with Crippen molar-refractivity contribution in [2.75, 3.05) is 12.3 Å². The topological polar surface area (TPSA) is 75.7 Å². The quantitative estimate of drug-likeness (QED) is 0.544. The van der Waals surface area contributed by atoms with Crippen molar-refractivity contribution in [2.24, 2.45) is 0 Å². The number of terminal acetylenes is 1. The van der Waals surface area contributed by atoms with E-state index >= 15 is 0 Å². The summed E-state index contributed by atoms with van der Waals surface area (Å²) in [6.45, 7) is 3.27. The third kappa shape index (κ3) is 2.90. The van der Waals surface area contributed by atoms with Gasteiger partial charge in [-0.15, -0.1) is 6.42 Å². The van der Waals surface area contributed by atoms with Crippen LogP contribution in [0.2, 0.25) is 0 Å². The number of nitrogen functional groups attached to an aromatic ring is 1. The monoisotopic (exact) mass is 235 g/mol. The predicted molar refractivity (Wildman–Crippen MR) is 66.5 cm³/mol. The third-order valence-corrected chi connectivity index (χ3v) is 2.43. The zero-order valence-electron chi connectivity index (χ0n) is 9.97. The molecule has 1 aromatic rings. The lowest BCUT2D eigenvalue weighted by Gasteiger charge is -2.20. The van der Waals surface area contributed by atoms with E-state index in [1.54, 1.807) is 26.0 Å². The molecule has 4 nitrogen and oxygen atoms in total. The Bertz CT molecular complexity index is 433. The summed E-state index contributed by atoms with van der Waals surface area (Å²) in [5.74, 6) is 2.80. The summed E-state index contributed by atoms with van der Waals surface area (Å²) in [6, 6.07) is 3.26. The predicted octanol–water partition coefficient (Wildman–Crippen LogP) is 1.39. The number of hydrogen-bond donors (Lipinski definition) is 3. The molecule has 2 unspecified atom stereocenters. The van der Waals surface area contributed by atoms with Crippen LogP contribution in [-0.2, 0) is 0 Å². The van der Waals surface area contributed by atoms with Crippen LogP contribution < -0.4 is 10.5 Å². The minimum absolute atomic E-state index is 0.100. The van der Waals surface area contributed by atoms with Gasteiger partial charge in [0.25, 0.3) is 0 Å². The highest BCUT2D eigenvalue weighted by Crippen LogP contribution is 2.36. The Kier molecular flexibility index (Phi) is 4.38. The second kappa shape index (κ2) is 5.58. The van der Waals surface area contributed by atoms with Crippen molar-refractivity contribution in [1.29, 1.82) is 0 Å². The second-order valence-electron chi connectivity index (χ2n) is 3.83. The lowest BCUT2D eigenvalue weighted by Crippen LogP contribution is -2.09. The summed E-state index contributed by atoms with van der Waals surface area (Å²) < 4.78 is 5.33. The van der Waals surface area contributed by atoms with Gasteiger partial charge in [-0.1, -0.05) is 5.92 Å². The molecule has 4 N–H and O–H groups in total. The van der Waals surface area contributed by atoms with E-state index in [0.29, 0.717) is 22.6 Å². The van der Waals surface area contributed by atoms with Gasteiger partial charge in [-0.2, -0.15) is 0 Å². The summed E-state index contributed by atoms with van der Waals surface area (Å²) in [6.07, 6.45) is 3.54. The van der Waals surface area contributed by atoms with Crippen LogP contribution in [0.4, 0.5) is 5.69 Å². The van der Waals surface area contributed by atoms with Gasteiger partial charge in [-0.25, -0.2) is 0 Å². The molecule has 0 saturated carbocycles. The summed E-state index contributed by atoms with van der Waals surface area (Å²) in [4.78, 5) is 0. The number of nitrogens with two attached hydrogens (primary N) is 1.